The van der Waals surface area contributed by atoms with Crippen molar-refractivity contribution in [2.45, 2.75) is 31.5 Å². The molecule has 0 aliphatic carbocycles. The lowest BCUT2D eigenvalue weighted by Crippen LogP contribution is -2.48. The highest BCUT2D eigenvalue weighted by Crippen LogP contribution is 2.32. The highest BCUT2D eigenvalue weighted by molar-refractivity contribution is 6.09. The predicted molar refractivity (Wildman–Crippen MR) is 93.2 cm³/mol. The van der Waals surface area contributed by atoms with Gasteiger partial charge in [0.15, 0.2) is 0 Å². The molecule has 1 aliphatic rings. The number of aromatic amines is 1. The van der Waals surface area contributed by atoms with Crippen molar-refractivity contribution in [2.24, 2.45) is 0 Å². The fourth-order valence-corrected chi connectivity index (χ4v) is 3.57. The van der Waals surface area contributed by atoms with Gasteiger partial charge in [-0.1, -0.05) is 0 Å². The summed E-state index contributed by atoms with van der Waals surface area (Å²) in [7, 11) is 0. The summed E-state index contributed by atoms with van der Waals surface area (Å²) in [6.45, 7) is 1.14. The fourth-order valence-electron chi connectivity index (χ4n) is 3.57. The summed E-state index contributed by atoms with van der Waals surface area (Å²) in [5.41, 5.74) is 2.20. The average molecular weight is 378 g/mol. The van der Waals surface area contributed by atoms with Gasteiger partial charge in [0.25, 0.3) is 0 Å². The summed E-state index contributed by atoms with van der Waals surface area (Å²) in [5.74, 6) is -0.996. The third-order valence-electron chi connectivity index (χ3n) is 4.66. The molecule has 1 unspecified atom stereocenters. The Labute approximate surface area is 152 Å². The number of carbonyl (C=O) groups is 1. The zero-order valence-corrected chi connectivity index (χ0v) is 14.3. The van der Waals surface area contributed by atoms with E-state index in [1.165, 1.54) is 0 Å². The predicted octanol–water partition coefficient (Wildman–Crippen LogP) is 2.54. The molecular weight excluding hydrogens is 361 g/mol. The van der Waals surface area contributed by atoms with E-state index in [1.54, 1.807) is 18.6 Å². The first-order valence-corrected chi connectivity index (χ1v) is 8.59. The SMILES string of the molecule is O=C(CC(F)(F)F)NC1CCCN(c2cnnc3cnc4[nH]ccc4c23)C1. The van der Waals surface area contributed by atoms with Crippen LogP contribution in [0.3, 0.4) is 0 Å². The third kappa shape index (κ3) is 3.64. The Hall–Kier alpha value is -2.91. The van der Waals surface area contributed by atoms with E-state index in [-0.39, 0.29) is 6.04 Å². The van der Waals surface area contributed by atoms with Gasteiger partial charge in [0.2, 0.25) is 5.91 Å². The Morgan fingerprint density at radius 2 is 2.22 bits per heavy atom. The summed E-state index contributed by atoms with van der Waals surface area (Å²) in [5, 5.41) is 12.5. The lowest BCUT2D eigenvalue weighted by Gasteiger charge is -2.35. The minimum Gasteiger partial charge on any atom is -0.368 e. The standard InChI is InChI=1S/C17H17F3N6O/c18-17(19,20)6-14(27)24-10-2-1-5-26(9-10)13-8-23-25-12-7-22-16-11(15(12)13)3-4-21-16/h3-4,7-8,10H,1-2,5-6,9H2,(H,21,22)(H,24,27). The highest BCUT2D eigenvalue weighted by Gasteiger charge is 2.33. The number of piperidine rings is 1. The van der Waals surface area contributed by atoms with Crippen molar-refractivity contribution in [3.05, 3.63) is 24.7 Å². The number of nitrogens with one attached hydrogen (secondary N) is 2. The first-order valence-electron chi connectivity index (χ1n) is 8.59. The number of anilines is 1. The van der Waals surface area contributed by atoms with Crippen LogP contribution in [0.1, 0.15) is 19.3 Å². The number of hydrogen-bond acceptors (Lipinski definition) is 5. The molecule has 1 amide bonds. The molecule has 0 bridgehead atoms. The number of aromatic nitrogens is 4. The monoisotopic (exact) mass is 378 g/mol. The van der Waals surface area contributed by atoms with Gasteiger partial charge in [-0.2, -0.15) is 18.3 Å². The van der Waals surface area contributed by atoms with Crippen molar-refractivity contribution in [1.82, 2.24) is 25.5 Å². The van der Waals surface area contributed by atoms with Gasteiger partial charge in [-0.05, 0) is 18.9 Å². The van der Waals surface area contributed by atoms with Crippen LogP contribution in [0.15, 0.2) is 24.7 Å². The molecule has 2 N–H and O–H groups in total. The maximum atomic E-state index is 12.4. The summed E-state index contributed by atoms with van der Waals surface area (Å²) in [4.78, 5) is 21.0. The van der Waals surface area contributed by atoms with E-state index < -0.39 is 18.5 Å². The van der Waals surface area contributed by atoms with Gasteiger partial charge < -0.3 is 15.2 Å². The summed E-state index contributed by atoms with van der Waals surface area (Å²) in [6.07, 6.45) is 0.499. The van der Waals surface area contributed by atoms with E-state index in [0.717, 1.165) is 35.1 Å². The molecule has 1 aliphatic heterocycles. The van der Waals surface area contributed by atoms with Crippen LogP contribution in [-0.2, 0) is 4.79 Å². The van der Waals surface area contributed by atoms with Gasteiger partial charge in [0.05, 0.1) is 18.1 Å². The average Bonchev–Trinajstić information content (AvgIpc) is 3.08. The molecule has 4 rings (SSSR count). The van der Waals surface area contributed by atoms with Gasteiger partial charge >= 0.3 is 6.18 Å². The Bertz CT molecular complexity index is 986. The van der Waals surface area contributed by atoms with E-state index in [9.17, 15) is 18.0 Å². The van der Waals surface area contributed by atoms with Crippen molar-refractivity contribution in [3.63, 3.8) is 0 Å². The largest absolute Gasteiger partial charge is 0.397 e. The molecule has 1 fully saturated rings. The van der Waals surface area contributed by atoms with E-state index in [1.807, 2.05) is 11.0 Å². The summed E-state index contributed by atoms with van der Waals surface area (Å²) < 4.78 is 37.2. The van der Waals surface area contributed by atoms with Gasteiger partial charge in [-0.15, -0.1) is 5.10 Å². The van der Waals surface area contributed by atoms with Crippen molar-refractivity contribution in [2.75, 3.05) is 18.0 Å². The highest BCUT2D eigenvalue weighted by atomic mass is 19.4. The Kier molecular flexibility index (Phi) is 4.33. The van der Waals surface area contributed by atoms with Gasteiger partial charge in [-0.25, -0.2) is 4.98 Å². The Morgan fingerprint density at radius 3 is 3.04 bits per heavy atom. The molecule has 4 heterocycles. The molecule has 0 saturated carbocycles. The van der Waals surface area contributed by atoms with Gasteiger partial charge in [-0.3, -0.25) is 4.79 Å². The molecule has 3 aromatic rings. The number of halogens is 3. The topological polar surface area (TPSA) is 86.8 Å². The zero-order valence-electron chi connectivity index (χ0n) is 14.3. The molecule has 0 radical (unpaired) electrons. The molecule has 1 atom stereocenters. The molecule has 27 heavy (non-hydrogen) atoms. The normalized spacial score (nSPS) is 18.2. The van der Waals surface area contributed by atoms with E-state index >= 15 is 0 Å². The van der Waals surface area contributed by atoms with Crippen LogP contribution in [0.25, 0.3) is 21.9 Å². The molecule has 10 heteroatoms. The number of hydrogen-bond donors (Lipinski definition) is 2. The molecule has 1 saturated heterocycles. The minimum absolute atomic E-state index is 0.347. The number of H-pyrrole nitrogens is 1. The van der Waals surface area contributed by atoms with Crippen LogP contribution < -0.4 is 10.2 Å². The second kappa shape index (κ2) is 6.67. The fraction of sp³-hybridized carbons (Fsp3) is 0.412. The zero-order chi connectivity index (χ0) is 19.0. The first kappa shape index (κ1) is 17.5. The second-order valence-corrected chi connectivity index (χ2v) is 6.63. The maximum absolute atomic E-state index is 12.4. The van der Waals surface area contributed by atoms with Crippen LogP contribution >= 0.6 is 0 Å². The van der Waals surface area contributed by atoms with Crippen LogP contribution in [0.5, 0.6) is 0 Å². The molecule has 7 nitrogen and oxygen atoms in total. The van der Waals surface area contributed by atoms with Crippen LogP contribution in [0.2, 0.25) is 0 Å². The third-order valence-corrected chi connectivity index (χ3v) is 4.66. The summed E-state index contributed by atoms with van der Waals surface area (Å²) >= 11 is 0. The molecular formula is C17H17F3N6O. The van der Waals surface area contributed by atoms with Gasteiger partial charge in [0, 0.05) is 36.1 Å². The summed E-state index contributed by atoms with van der Waals surface area (Å²) in [6, 6.07) is 1.56. The Morgan fingerprint density at radius 1 is 1.37 bits per heavy atom. The lowest BCUT2D eigenvalue weighted by molar-refractivity contribution is -0.154. The Balaban J connectivity index is 1.60. The number of amides is 1. The lowest BCUT2D eigenvalue weighted by atomic mass is 10.0. The minimum atomic E-state index is -4.50. The number of rotatable bonds is 3. The first-order chi connectivity index (χ1) is 12.9. The molecule has 0 spiro atoms. The van der Waals surface area contributed by atoms with Crippen LogP contribution in [-0.4, -0.2) is 51.4 Å². The van der Waals surface area contributed by atoms with Crippen LogP contribution in [0.4, 0.5) is 18.9 Å². The van der Waals surface area contributed by atoms with Crippen molar-refractivity contribution in [3.8, 4) is 0 Å². The number of carbonyl (C=O) groups excluding carboxylic acids is 1. The van der Waals surface area contributed by atoms with Crippen molar-refractivity contribution in [1.29, 1.82) is 0 Å². The van der Waals surface area contributed by atoms with Crippen molar-refractivity contribution < 1.29 is 18.0 Å². The van der Waals surface area contributed by atoms with E-state index in [4.69, 9.17) is 0 Å². The number of nitrogens with zero attached hydrogens (tertiary/aromatic N) is 4. The number of fused-ring (bicyclic) bond motifs is 3. The molecule has 0 aromatic carbocycles. The van der Waals surface area contributed by atoms with Crippen molar-refractivity contribution >= 4 is 33.5 Å². The molecule has 3 aromatic heterocycles. The second-order valence-electron chi connectivity index (χ2n) is 6.63. The van der Waals surface area contributed by atoms with E-state index in [2.05, 4.69) is 25.5 Å². The van der Waals surface area contributed by atoms with Crippen LogP contribution in [0, 0.1) is 0 Å². The van der Waals surface area contributed by atoms with E-state index in [0.29, 0.717) is 18.5 Å². The van der Waals surface area contributed by atoms with Gasteiger partial charge in [0.1, 0.15) is 17.6 Å². The quantitative estimate of drug-likeness (QED) is 0.732. The molecule has 142 valence electrons. The maximum Gasteiger partial charge on any atom is 0.397 e. The smallest absolute Gasteiger partial charge is 0.368 e. The number of alkyl halides is 3. The number of pyridine rings is 1.